The first-order valence-electron chi connectivity index (χ1n) is 5.10. The Labute approximate surface area is 92.5 Å². The van der Waals surface area contributed by atoms with Crippen LogP contribution >= 0.6 is 11.3 Å². The van der Waals surface area contributed by atoms with Gasteiger partial charge in [-0.05, 0) is 25.3 Å². The van der Waals surface area contributed by atoms with Gasteiger partial charge >= 0.3 is 0 Å². The van der Waals surface area contributed by atoms with Gasteiger partial charge in [-0.3, -0.25) is 9.59 Å². The molecule has 0 aliphatic heterocycles. The van der Waals surface area contributed by atoms with Crippen LogP contribution in [0.2, 0.25) is 0 Å². The molecule has 1 aromatic rings. The third-order valence-electron chi connectivity index (χ3n) is 2.47. The monoisotopic (exact) mass is 223 g/mol. The molecule has 0 spiro atoms. The van der Waals surface area contributed by atoms with Crippen LogP contribution < -0.4 is 5.32 Å². The first-order chi connectivity index (χ1) is 7.16. The number of amides is 1. The van der Waals surface area contributed by atoms with Crippen LogP contribution in [0.1, 0.15) is 41.4 Å². The Bertz CT molecular complexity index is 409. The van der Waals surface area contributed by atoms with Crippen LogP contribution in [0.4, 0.5) is 5.00 Å². The maximum absolute atomic E-state index is 11.7. The summed E-state index contributed by atoms with van der Waals surface area (Å²) in [6.45, 7) is 1.48. The summed E-state index contributed by atoms with van der Waals surface area (Å²) in [6, 6.07) is 1.81. The van der Waals surface area contributed by atoms with E-state index in [4.69, 9.17) is 0 Å². The summed E-state index contributed by atoms with van der Waals surface area (Å²) in [5, 5.41) is 3.52. The Balaban J connectivity index is 2.29. The molecule has 1 N–H and O–H groups in total. The summed E-state index contributed by atoms with van der Waals surface area (Å²) in [5.41, 5.74) is 0.821. The van der Waals surface area contributed by atoms with E-state index in [-0.39, 0.29) is 11.7 Å². The molecule has 2 rings (SSSR count). The molecule has 1 aliphatic rings. The van der Waals surface area contributed by atoms with Gasteiger partial charge in [0.2, 0.25) is 5.91 Å². The van der Waals surface area contributed by atoms with Crippen molar-refractivity contribution in [1.82, 2.24) is 0 Å². The number of hydrogen-bond donors (Lipinski definition) is 1. The van der Waals surface area contributed by atoms with Crippen molar-refractivity contribution < 1.29 is 9.59 Å². The van der Waals surface area contributed by atoms with Crippen LogP contribution in [0.15, 0.2) is 6.07 Å². The maximum atomic E-state index is 11.7. The lowest BCUT2D eigenvalue weighted by molar-refractivity contribution is -0.114. The Morgan fingerprint density at radius 3 is 2.87 bits per heavy atom. The molecule has 1 aromatic heterocycles. The summed E-state index contributed by atoms with van der Waals surface area (Å²) < 4.78 is 0. The lowest BCUT2D eigenvalue weighted by Crippen LogP contribution is -2.04. The van der Waals surface area contributed by atoms with Gasteiger partial charge in [-0.1, -0.05) is 0 Å². The number of thiophene rings is 1. The Morgan fingerprint density at radius 2 is 2.13 bits per heavy atom. The van der Waals surface area contributed by atoms with Gasteiger partial charge in [-0.2, -0.15) is 0 Å². The summed E-state index contributed by atoms with van der Waals surface area (Å²) >= 11 is 1.53. The molecule has 0 bridgehead atoms. The molecule has 1 aliphatic carbocycles. The fourth-order valence-corrected chi connectivity index (χ4v) is 2.96. The fourth-order valence-electron chi connectivity index (χ4n) is 1.79. The second-order valence-electron chi connectivity index (χ2n) is 3.76. The average Bonchev–Trinajstić information content (AvgIpc) is 2.47. The summed E-state index contributed by atoms with van der Waals surface area (Å²) in [5.74, 6) is 0.134. The summed E-state index contributed by atoms with van der Waals surface area (Å²) in [6.07, 6.45) is 3.66. The molecule has 1 heterocycles. The van der Waals surface area contributed by atoms with E-state index in [9.17, 15) is 9.59 Å². The number of Topliss-reactive ketones (excluding diaryl/α,β-unsaturated/α-hetero) is 1. The van der Waals surface area contributed by atoms with Crippen molar-refractivity contribution >= 4 is 28.0 Å². The first kappa shape index (κ1) is 10.4. The molecule has 4 heteroatoms. The second kappa shape index (κ2) is 4.14. The lowest BCUT2D eigenvalue weighted by atomic mass is 10.1. The zero-order valence-electron chi connectivity index (χ0n) is 8.63. The van der Waals surface area contributed by atoms with Crippen LogP contribution in [0, 0.1) is 0 Å². The van der Waals surface area contributed by atoms with Gasteiger partial charge in [0.1, 0.15) is 0 Å². The highest BCUT2D eigenvalue weighted by Crippen LogP contribution is 2.32. The van der Waals surface area contributed by atoms with Gasteiger partial charge in [0, 0.05) is 23.8 Å². The van der Waals surface area contributed by atoms with Crippen molar-refractivity contribution in [2.75, 3.05) is 5.32 Å². The summed E-state index contributed by atoms with van der Waals surface area (Å²) in [4.78, 5) is 23.7. The van der Waals surface area contributed by atoms with Gasteiger partial charge in [0.05, 0.1) is 5.00 Å². The molecule has 3 nitrogen and oxygen atoms in total. The number of nitrogens with one attached hydrogen (secondary N) is 1. The zero-order chi connectivity index (χ0) is 10.8. The van der Waals surface area contributed by atoms with Crippen molar-refractivity contribution in [2.24, 2.45) is 0 Å². The molecule has 0 saturated heterocycles. The minimum atomic E-state index is -0.0844. The van der Waals surface area contributed by atoms with Crippen molar-refractivity contribution in [1.29, 1.82) is 0 Å². The first-order valence-corrected chi connectivity index (χ1v) is 5.92. The molecule has 0 radical (unpaired) electrons. The zero-order valence-corrected chi connectivity index (χ0v) is 9.45. The number of carbonyl (C=O) groups excluding carboxylic acids is 2. The molecule has 0 aromatic carbocycles. The third-order valence-corrected chi connectivity index (χ3v) is 3.58. The fraction of sp³-hybridized carbons (Fsp3) is 0.455. The van der Waals surface area contributed by atoms with Crippen LogP contribution in [0.25, 0.3) is 0 Å². The highest BCUT2D eigenvalue weighted by Gasteiger charge is 2.18. The number of ketones is 1. The van der Waals surface area contributed by atoms with Crippen molar-refractivity contribution in [3.8, 4) is 0 Å². The number of hydrogen-bond acceptors (Lipinski definition) is 3. The molecule has 0 fully saturated rings. The van der Waals surface area contributed by atoms with E-state index in [0.717, 1.165) is 34.7 Å². The van der Waals surface area contributed by atoms with E-state index in [1.807, 2.05) is 6.07 Å². The largest absolute Gasteiger partial charge is 0.318 e. The number of carbonyl (C=O) groups is 2. The Morgan fingerprint density at radius 1 is 1.40 bits per heavy atom. The standard InChI is InChI=1S/C11H13NO2S/c1-7(13)12-11-6-8-9(14)4-2-3-5-10(8)15-11/h6H,2-5H2,1H3,(H,12,13). The number of rotatable bonds is 1. The smallest absolute Gasteiger partial charge is 0.221 e. The van der Waals surface area contributed by atoms with E-state index in [0.29, 0.717) is 6.42 Å². The van der Waals surface area contributed by atoms with Crippen molar-refractivity contribution in [3.63, 3.8) is 0 Å². The number of anilines is 1. The van der Waals surface area contributed by atoms with Gasteiger partial charge in [0.25, 0.3) is 0 Å². The van der Waals surface area contributed by atoms with Gasteiger partial charge in [-0.25, -0.2) is 0 Å². The lowest BCUT2D eigenvalue weighted by Gasteiger charge is -1.95. The molecule has 80 valence electrons. The van der Waals surface area contributed by atoms with E-state index in [1.54, 1.807) is 0 Å². The molecule has 0 atom stereocenters. The van der Waals surface area contributed by atoms with E-state index >= 15 is 0 Å². The third kappa shape index (κ3) is 2.26. The highest BCUT2D eigenvalue weighted by molar-refractivity contribution is 7.16. The second-order valence-corrected chi connectivity index (χ2v) is 4.90. The van der Waals surface area contributed by atoms with Crippen molar-refractivity contribution in [3.05, 3.63) is 16.5 Å². The number of fused-ring (bicyclic) bond motifs is 1. The molecule has 0 unspecified atom stereocenters. The van der Waals surface area contributed by atoms with Crippen LogP contribution in [-0.2, 0) is 11.2 Å². The topological polar surface area (TPSA) is 46.2 Å². The van der Waals surface area contributed by atoms with Crippen LogP contribution in [0.5, 0.6) is 0 Å². The molecular formula is C11H13NO2S. The Kier molecular flexibility index (Phi) is 2.86. The minimum Gasteiger partial charge on any atom is -0.318 e. The molecule has 1 amide bonds. The van der Waals surface area contributed by atoms with Crippen molar-refractivity contribution in [2.45, 2.75) is 32.6 Å². The molecular weight excluding hydrogens is 210 g/mol. The molecule has 15 heavy (non-hydrogen) atoms. The van der Waals surface area contributed by atoms with Crippen LogP contribution in [-0.4, -0.2) is 11.7 Å². The highest BCUT2D eigenvalue weighted by atomic mass is 32.1. The van der Waals surface area contributed by atoms with Gasteiger partial charge < -0.3 is 5.32 Å². The van der Waals surface area contributed by atoms with E-state index < -0.39 is 0 Å². The average molecular weight is 223 g/mol. The predicted molar refractivity (Wildman–Crippen MR) is 60.5 cm³/mol. The van der Waals surface area contributed by atoms with Gasteiger partial charge in [0.15, 0.2) is 5.78 Å². The summed E-state index contributed by atoms with van der Waals surface area (Å²) in [7, 11) is 0. The molecule has 0 saturated carbocycles. The van der Waals surface area contributed by atoms with E-state index in [2.05, 4.69) is 5.32 Å². The SMILES string of the molecule is CC(=O)Nc1cc2c(s1)CCCCC2=O. The predicted octanol–water partition coefficient (Wildman–Crippen LogP) is 2.62. The van der Waals surface area contributed by atoms with E-state index in [1.165, 1.54) is 18.3 Å². The normalized spacial score (nSPS) is 15.7. The Hall–Kier alpha value is -1.16. The maximum Gasteiger partial charge on any atom is 0.221 e. The van der Waals surface area contributed by atoms with Gasteiger partial charge in [-0.15, -0.1) is 11.3 Å². The quantitative estimate of drug-likeness (QED) is 0.744. The number of aryl methyl sites for hydroxylation is 1. The minimum absolute atomic E-state index is 0.0844. The van der Waals surface area contributed by atoms with Crippen LogP contribution in [0.3, 0.4) is 0 Å².